The number of hydrogen-bond donors (Lipinski definition) is 1. The average molecular weight is 285 g/mol. The summed E-state index contributed by atoms with van der Waals surface area (Å²) >= 11 is 0. The number of amides is 1. The van der Waals surface area contributed by atoms with E-state index in [2.05, 4.69) is 0 Å². The zero-order valence-electron chi connectivity index (χ0n) is 11.9. The van der Waals surface area contributed by atoms with Gasteiger partial charge in [-0.25, -0.2) is 0 Å². The lowest BCUT2D eigenvalue weighted by Gasteiger charge is -2.21. The zero-order chi connectivity index (χ0) is 14.8. The Labute approximate surface area is 122 Å². The summed E-state index contributed by atoms with van der Waals surface area (Å²) in [6.07, 6.45) is 6.43. The molecule has 0 bridgehead atoms. The van der Waals surface area contributed by atoms with Crippen molar-refractivity contribution < 1.29 is 9.21 Å². The molecule has 4 nitrogen and oxygen atoms in total. The van der Waals surface area contributed by atoms with E-state index >= 15 is 0 Å². The molecule has 2 aromatic rings. The maximum Gasteiger partial charge on any atom is 0.284 e. The molecule has 1 aliphatic carbocycles. The van der Waals surface area contributed by atoms with Gasteiger partial charge in [-0.05, 0) is 24.5 Å². The third kappa shape index (κ3) is 2.71. The minimum absolute atomic E-state index is 0.0317. The van der Waals surface area contributed by atoms with Crippen molar-refractivity contribution in [2.24, 2.45) is 11.7 Å². The van der Waals surface area contributed by atoms with Gasteiger partial charge >= 0.3 is 0 Å². The van der Waals surface area contributed by atoms with Crippen molar-refractivity contribution in [2.45, 2.75) is 38.5 Å². The smallest absolute Gasteiger partial charge is 0.284 e. The summed E-state index contributed by atoms with van der Waals surface area (Å²) in [6, 6.07) is 6.99. The highest BCUT2D eigenvalue weighted by Gasteiger charge is 2.22. The van der Waals surface area contributed by atoms with Crippen molar-refractivity contribution in [3.05, 3.63) is 45.8 Å². The molecule has 1 aliphatic rings. The Morgan fingerprint density at radius 2 is 1.90 bits per heavy atom. The van der Waals surface area contributed by atoms with Crippen molar-refractivity contribution in [2.75, 3.05) is 0 Å². The quantitative estimate of drug-likeness (QED) is 0.942. The molecule has 1 saturated carbocycles. The molecule has 4 heteroatoms. The summed E-state index contributed by atoms with van der Waals surface area (Å²) in [4.78, 5) is 24.3. The first-order valence-corrected chi connectivity index (χ1v) is 7.51. The first kappa shape index (κ1) is 13.9. The van der Waals surface area contributed by atoms with Gasteiger partial charge in [-0.3, -0.25) is 9.59 Å². The number of carbonyl (C=O) groups is 1. The van der Waals surface area contributed by atoms with Gasteiger partial charge in [0, 0.05) is 5.56 Å². The summed E-state index contributed by atoms with van der Waals surface area (Å²) in [5.41, 5.74) is 6.17. The fourth-order valence-corrected chi connectivity index (χ4v) is 3.24. The maximum atomic E-state index is 12.7. The largest absolute Gasteiger partial charge is 0.450 e. The lowest BCUT2D eigenvalue weighted by molar-refractivity contribution is 0.0972. The van der Waals surface area contributed by atoms with Crippen LogP contribution in [0.4, 0.5) is 0 Å². The molecule has 0 atom stereocenters. The molecule has 0 saturated heterocycles. The predicted octanol–water partition coefficient (Wildman–Crippen LogP) is 3.01. The monoisotopic (exact) mass is 285 g/mol. The molecule has 0 unspecified atom stereocenters. The molecular weight excluding hydrogens is 266 g/mol. The molecule has 0 radical (unpaired) electrons. The van der Waals surface area contributed by atoms with Crippen LogP contribution in [0.1, 0.15) is 48.2 Å². The van der Waals surface area contributed by atoms with Crippen molar-refractivity contribution in [3.63, 3.8) is 0 Å². The van der Waals surface area contributed by atoms with E-state index in [0.29, 0.717) is 28.9 Å². The molecule has 3 rings (SSSR count). The number of para-hydroxylation sites is 1. The summed E-state index contributed by atoms with van der Waals surface area (Å²) < 4.78 is 5.60. The maximum absolute atomic E-state index is 12.7. The van der Waals surface area contributed by atoms with Crippen molar-refractivity contribution in [1.82, 2.24) is 0 Å². The van der Waals surface area contributed by atoms with Crippen LogP contribution >= 0.6 is 0 Å². The highest BCUT2D eigenvalue weighted by molar-refractivity contribution is 5.93. The van der Waals surface area contributed by atoms with Crippen LogP contribution in [0.25, 0.3) is 11.0 Å². The normalized spacial score (nSPS) is 16.2. The van der Waals surface area contributed by atoms with Gasteiger partial charge in [-0.1, -0.05) is 44.2 Å². The lowest BCUT2D eigenvalue weighted by atomic mass is 9.84. The number of hydrogen-bond acceptors (Lipinski definition) is 3. The number of fused-ring (bicyclic) bond motifs is 1. The zero-order valence-corrected chi connectivity index (χ0v) is 11.9. The SMILES string of the molecule is NC(=O)c1oc2ccccc2c(=O)c1CC1CCCCC1. The number of nitrogens with two attached hydrogens (primary N) is 1. The summed E-state index contributed by atoms with van der Waals surface area (Å²) in [5, 5.41) is 0.522. The van der Waals surface area contributed by atoms with Crippen LogP contribution in [-0.2, 0) is 6.42 Å². The van der Waals surface area contributed by atoms with Gasteiger partial charge in [0.25, 0.3) is 5.91 Å². The van der Waals surface area contributed by atoms with Gasteiger partial charge in [0.1, 0.15) is 5.58 Å². The van der Waals surface area contributed by atoms with Gasteiger partial charge < -0.3 is 10.2 Å². The van der Waals surface area contributed by atoms with Crippen LogP contribution < -0.4 is 11.2 Å². The minimum Gasteiger partial charge on any atom is -0.450 e. The predicted molar refractivity (Wildman–Crippen MR) is 81.3 cm³/mol. The molecule has 1 fully saturated rings. The van der Waals surface area contributed by atoms with E-state index in [-0.39, 0.29) is 11.2 Å². The highest BCUT2D eigenvalue weighted by Crippen LogP contribution is 2.27. The van der Waals surface area contributed by atoms with Crippen LogP contribution in [0.15, 0.2) is 33.5 Å². The number of benzene rings is 1. The Balaban J connectivity index is 2.10. The topological polar surface area (TPSA) is 73.3 Å². The minimum atomic E-state index is -0.663. The molecule has 0 aliphatic heterocycles. The Kier molecular flexibility index (Phi) is 3.78. The Hall–Kier alpha value is -2.10. The van der Waals surface area contributed by atoms with Gasteiger partial charge in [-0.2, -0.15) is 0 Å². The Morgan fingerprint density at radius 1 is 1.19 bits per heavy atom. The molecule has 0 spiro atoms. The molecule has 1 aromatic heterocycles. The van der Waals surface area contributed by atoms with Crippen LogP contribution in [0.3, 0.4) is 0 Å². The molecule has 1 heterocycles. The number of carbonyl (C=O) groups excluding carboxylic acids is 1. The summed E-state index contributed by atoms with van der Waals surface area (Å²) in [6.45, 7) is 0. The molecule has 1 amide bonds. The molecule has 1 aromatic carbocycles. The molecule has 2 N–H and O–H groups in total. The van der Waals surface area contributed by atoms with Crippen LogP contribution in [0, 0.1) is 5.92 Å². The lowest BCUT2D eigenvalue weighted by Crippen LogP contribution is -2.23. The highest BCUT2D eigenvalue weighted by atomic mass is 16.3. The molecule has 110 valence electrons. The van der Waals surface area contributed by atoms with E-state index in [0.717, 1.165) is 12.8 Å². The first-order chi connectivity index (χ1) is 10.2. The van der Waals surface area contributed by atoms with Crippen LogP contribution in [0.2, 0.25) is 0 Å². The van der Waals surface area contributed by atoms with Crippen molar-refractivity contribution in [3.8, 4) is 0 Å². The van der Waals surface area contributed by atoms with E-state index in [1.165, 1.54) is 19.3 Å². The third-order valence-electron chi connectivity index (χ3n) is 4.33. The second-order valence-corrected chi connectivity index (χ2v) is 5.81. The first-order valence-electron chi connectivity index (χ1n) is 7.51. The van der Waals surface area contributed by atoms with E-state index in [9.17, 15) is 9.59 Å². The van der Waals surface area contributed by atoms with E-state index in [1.54, 1.807) is 24.3 Å². The molecule has 21 heavy (non-hydrogen) atoms. The average Bonchev–Trinajstić information content (AvgIpc) is 2.51. The van der Waals surface area contributed by atoms with Crippen LogP contribution in [-0.4, -0.2) is 5.91 Å². The summed E-state index contributed by atoms with van der Waals surface area (Å²) in [5.74, 6) is -0.186. The van der Waals surface area contributed by atoms with E-state index < -0.39 is 5.91 Å². The molecular formula is C17H19NO3. The Bertz CT molecular complexity index is 726. The second-order valence-electron chi connectivity index (χ2n) is 5.81. The van der Waals surface area contributed by atoms with Gasteiger partial charge in [-0.15, -0.1) is 0 Å². The van der Waals surface area contributed by atoms with Crippen LogP contribution in [0.5, 0.6) is 0 Å². The fourth-order valence-electron chi connectivity index (χ4n) is 3.24. The number of rotatable bonds is 3. The van der Waals surface area contributed by atoms with E-state index in [4.69, 9.17) is 10.2 Å². The summed E-state index contributed by atoms with van der Waals surface area (Å²) in [7, 11) is 0. The van der Waals surface area contributed by atoms with Gasteiger partial charge in [0.05, 0.1) is 5.39 Å². The fraction of sp³-hybridized carbons (Fsp3) is 0.412. The van der Waals surface area contributed by atoms with Crippen molar-refractivity contribution >= 4 is 16.9 Å². The standard InChI is InChI=1S/C17H19NO3/c18-17(20)16-13(10-11-6-2-1-3-7-11)15(19)12-8-4-5-9-14(12)21-16/h4-5,8-9,11H,1-3,6-7,10H2,(H2,18,20). The van der Waals surface area contributed by atoms with Crippen molar-refractivity contribution in [1.29, 1.82) is 0 Å². The van der Waals surface area contributed by atoms with E-state index in [1.807, 2.05) is 0 Å². The van der Waals surface area contributed by atoms with Gasteiger partial charge in [0.2, 0.25) is 0 Å². The number of primary amides is 1. The second kappa shape index (κ2) is 5.72. The third-order valence-corrected chi connectivity index (χ3v) is 4.33. The Morgan fingerprint density at radius 3 is 2.62 bits per heavy atom. The van der Waals surface area contributed by atoms with Gasteiger partial charge in [0.15, 0.2) is 11.2 Å².